The van der Waals surface area contributed by atoms with Gasteiger partial charge in [0.1, 0.15) is 19.3 Å². The zero-order valence-electron chi connectivity index (χ0n) is 67.2. The summed E-state index contributed by atoms with van der Waals surface area (Å²) in [4.78, 5) is 73.0. The van der Waals surface area contributed by atoms with Gasteiger partial charge in [-0.1, -0.05) is 376 Å². The number of hydrogen-bond acceptors (Lipinski definition) is 15. The van der Waals surface area contributed by atoms with E-state index in [0.29, 0.717) is 31.6 Å². The maximum atomic E-state index is 13.1. The Morgan fingerprint density at radius 1 is 0.245 bits per heavy atom. The molecule has 0 saturated carbocycles. The first-order valence-corrected chi connectivity index (χ1v) is 45.7. The number of carbonyl (C=O) groups excluding carboxylic acids is 4. The van der Waals surface area contributed by atoms with Crippen molar-refractivity contribution in [1.29, 1.82) is 0 Å². The normalized spacial score (nSPS) is 14.0. The highest BCUT2D eigenvalue weighted by Crippen LogP contribution is 2.45. The molecule has 0 aliphatic rings. The van der Waals surface area contributed by atoms with Crippen LogP contribution in [0.5, 0.6) is 0 Å². The zero-order valence-corrected chi connectivity index (χ0v) is 69.0. The lowest BCUT2D eigenvalue weighted by atomic mass is 10.0. The molecule has 0 aromatic rings. The third-order valence-electron chi connectivity index (χ3n) is 19.3. The summed E-state index contributed by atoms with van der Waals surface area (Å²) >= 11 is 0. The van der Waals surface area contributed by atoms with Crippen molar-refractivity contribution in [2.24, 2.45) is 23.7 Å². The predicted molar refractivity (Wildman–Crippen MR) is 418 cm³/mol. The lowest BCUT2D eigenvalue weighted by molar-refractivity contribution is -0.161. The highest BCUT2D eigenvalue weighted by atomic mass is 31.2. The number of aliphatic hydroxyl groups excluding tert-OH is 1. The van der Waals surface area contributed by atoms with Gasteiger partial charge in [0.15, 0.2) is 12.2 Å². The van der Waals surface area contributed by atoms with E-state index in [9.17, 15) is 43.2 Å². The van der Waals surface area contributed by atoms with Gasteiger partial charge in [0, 0.05) is 25.7 Å². The molecule has 0 aromatic carbocycles. The number of aliphatic hydroxyl groups is 1. The van der Waals surface area contributed by atoms with Gasteiger partial charge in [-0.25, -0.2) is 9.13 Å². The van der Waals surface area contributed by atoms with Gasteiger partial charge in [-0.15, -0.1) is 0 Å². The maximum absolute atomic E-state index is 13.1. The number of esters is 4. The number of rotatable bonds is 80. The van der Waals surface area contributed by atoms with E-state index in [4.69, 9.17) is 37.0 Å². The van der Waals surface area contributed by atoms with E-state index in [-0.39, 0.29) is 25.7 Å². The molecule has 0 aliphatic carbocycles. The van der Waals surface area contributed by atoms with E-state index in [1.165, 1.54) is 231 Å². The second-order valence-electron chi connectivity index (χ2n) is 31.8. The van der Waals surface area contributed by atoms with Crippen molar-refractivity contribution >= 4 is 39.5 Å². The molecule has 17 nitrogen and oxygen atoms in total. The average molecular weight is 1490 g/mol. The fraction of sp³-hybridized carbons (Fsp3) is 0.952. The molecule has 0 aromatic heterocycles. The molecule has 0 saturated heterocycles. The Labute approximate surface area is 626 Å². The van der Waals surface area contributed by atoms with Gasteiger partial charge >= 0.3 is 39.5 Å². The minimum absolute atomic E-state index is 0.102. The van der Waals surface area contributed by atoms with Crippen molar-refractivity contribution in [1.82, 2.24) is 0 Å². The third-order valence-corrected chi connectivity index (χ3v) is 21.2. The predicted octanol–water partition coefficient (Wildman–Crippen LogP) is 24.8. The molecule has 0 spiro atoms. The third kappa shape index (κ3) is 76.3. The summed E-state index contributed by atoms with van der Waals surface area (Å²) in [7, 11) is -9.92. The molecule has 0 amide bonds. The zero-order chi connectivity index (χ0) is 75.3. The highest BCUT2D eigenvalue weighted by molar-refractivity contribution is 7.47. The summed E-state index contributed by atoms with van der Waals surface area (Å²) < 4.78 is 68.7. The van der Waals surface area contributed by atoms with Crippen molar-refractivity contribution in [3.63, 3.8) is 0 Å². The Balaban J connectivity index is 5.17. The number of hydrogen-bond donors (Lipinski definition) is 3. The van der Waals surface area contributed by atoms with Crippen LogP contribution in [0.15, 0.2) is 0 Å². The summed E-state index contributed by atoms with van der Waals surface area (Å²) in [5.41, 5.74) is 0. The first-order valence-electron chi connectivity index (χ1n) is 42.7. The molecule has 3 unspecified atom stereocenters. The van der Waals surface area contributed by atoms with Gasteiger partial charge in [0.25, 0.3) is 0 Å². The van der Waals surface area contributed by atoms with Crippen LogP contribution >= 0.6 is 15.6 Å². The monoisotopic (exact) mass is 1490 g/mol. The van der Waals surface area contributed by atoms with Crippen LogP contribution in [0, 0.1) is 23.7 Å². The van der Waals surface area contributed by atoms with Crippen LogP contribution < -0.4 is 0 Å². The summed E-state index contributed by atoms with van der Waals surface area (Å²) in [6.07, 6.45) is 60.2. The van der Waals surface area contributed by atoms with Crippen LogP contribution in [0.1, 0.15) is 428 Å². The van der Waals surface area contributed by atoms with E-state index in [0.717, 1.165) is 108 Å². The lowest BCUT2D eigenvalue weighted by Crippen LogP contribution is -2.30. The molecular weight excluding hydrogens is 1330 g/mol. The Morgan fingerprint density at radius 3 is 0.608 bits per heavy atom. The molecule has 606 valence electrons. The second-order valence-corrected chi connectivity index (χ2v) is 34.7. The van der Waals surface area contributed by atoms with Gasteiger partial charge in [-0.2, -0.15) is 0 Å². The number of phosphoric ester groups is 2. The van der Waals surface area contributed by atoms with Crippen LogP contribution in [-0.2, 0) is 65.4 Å². The summed E-state index contributed by atoms with van der Waals surface area (Å²) in [6.45, 7) is 14.2. The van der Waals surface area contributed by atoms with Gasteiger partial charge in [-0.05, 0) is 49.4 Å². The molecular formula is C83H162O17P2. The minimum Gasteiger partial charge on any atom is -0.462 e. The topological polar surface area (TPSA) is 237 Å². The van der Waals surface area contributed by atoms with E-state index in [1.807, 2.05) is 0 Å². The molecule has 0 rings (SSSR count). The fourth-order valence-corrected chi connectivity index (χ4v) is 14.4. The fourth-order valence-electron chi connectivity index (χ4n) is 12.8. The largest absolute Gasteiger partial charge is 0.472 e. The summed E-state index contributed by atoms with van der Waals surface area (Å²) in [5.74, 6) is 0.921. The van der Waals surface area contributed by atoms with Crippen LogP contribution in [0.2, 0.25) is 0 Å². The van der Waals surface area contributed by atoms with Crippen molar-refractivity contribution < 1.29 is 80.2 Å². The standard InChI is InChI=1S/C83H162O17P2/c1-73(2)59-51-43-35-29-25-21-17-13-9-11-15-19-23-27-31-38-47-55-63-80(85)93-69-78(99-82(87)65-57-49-40-32-28-24-20-16-12-10-14-18-22-26-30-36-44-52-60-74(3)4)71-97-101(89,90)95-67-77(84)68-96-102(91,92)98-72-79(100-83(88)66-58-50-42-41-46-54-62-76(7)8)70-94-81(86)64-56-48-39-34-33-37-45-53-61-75(5)6/h73-79,84H,9-72H2,1-8H3,(H,89,90)(H,91,92)/t77?,78-,79-/m1/s1. The SMILES string of the molecule is CC(C)CCCCCCCCCCCCCCCCCCCCC(=O)OC[C@H](COP(=O)(O)OCC(O)COP(=O)(O)OC[C@@H](COC(=O)CCCCCCCCCCC(C)C)OC(=O)CCCCCCCCC(C)C)OC(=O)CCCCCCCCCCCCCCCCCCCCC(C)C. The van der Waals surface area contributed by atoms with Crippen molar-refractivity contribution in [2.75, 3.05) is 39.6 Å². The molecule has 5 atom stereocenters. The van der Waals surface area contributed by atoms with Crippen LogP contribution in [0.4, 0.5) is 0 Å². The van der Waals surface area contributed by atoms with E-state index in [1.54, 1.807) is 0 Å². The van der Waals surface area contributed by atoms with Crippen LogP contribution in [0.3, 0.4) is 0 Å². The Kier molecular flexibility index (Phi) is 70.6. The Morgan fingerprint density at radius 2 is 0.412 bits per heavy atom. The van der Waals surface area contributed by atoms with Gasteiger partial charge in [-0.3, -0.25) is 37.3 Å². The maximum Gasteiger partial charge on any atom is 0.472 e. The minimum atomic E-state index is -4.96. The molecule has 0 heterocycles. The smallest absolute Gasteiger partial charge is 0.462 e. The summed E-state index contributed by atoms with van der Waals surface area (Å²) in [6, 6.07) is 0. The van der Waals surface area contributed by atoms with Crippen molar-refractivity contribution in [3.05, 3.63) is 0 Å². The van der Waals surface area contributed by atoms with E-state index < -0.39 is 97.5 Å². The van der Waals surface area contributed by atoms with E-state index in [2.05, 4.69) is 55.4 Å². The molecule has 0 bridgehead atoms. The number of ether oxygens (including phenoxy) is 4. The average Bonchev–Trinajstić information content (AvgIpc) is 0.943. The number of unbranched alkanes of at least 4 members (excludes halogenated alkanes) is 46. The van der Waals surface area contributed by atoms with Gasteiger partial charge in [0.05, 0.1) is 26.4 Å². The second kappa shape index (κ2) is 72.0. The quantitative estimate of drug-likeness (QED) is 0.0222. The first kappa shape index (κ1) is 100. The Hall–Kier alpha value is -1.94. The van der Waals surface area contributed by atoms with Crippen LogP contribution in [0.25, 0.3) is 0 Å². The van der Waals surface area contributed by atoms with E-state index >= 15 is 0 Å². The molecule has 3 N–H and O–H groups in total. The lowest BCUT2D eigenvalue weighted by Gasteiger charge is -2.21. The molecule has 0 fully saturated rings. The van der Waals surface area contributed by atoms with Crippen molar-refractivity contribution in [2.45, 2.75) is 446 Å². The van der Waals surface area contributed by atoms with Crippen molar-refractivity contribution in [3.8, 4) is 0 Å². The van der Waals surface area contributed by atoms with Gasteiger partial charge < -0.3 is 33.8 Å². The molecule has 102 heavy (non-hydrogen) atoms. The highest BCUT2D eigenvalue weighted by Gasteiger charge is 2.30. The molecule has 19 heteroatoms. The van der Waals surface area contributed by atoms with Crippen LogP contribution in [-0.4, -0.2) is 96.7 Å². The summed E-state index contributed by atoms with van der Waals surface area (Å²) in [5, 5.41) is 10.6. The Bertz CT molecular complexity index is 1990. The van der Waals surface area contributed by atoms with Gasteiger partial charge in [0.2, 0.25) is 0 Å². The first-order chi connectivity index (χ1) is 49.1. The molecule has 0 radical (unpaired) electrons. The number of phosphoric acid groups is 2. The number of carbonyl (C=O) groups is 4. The molecule has 0 aliphatic heterocycles.